The maximum Gasteiger partial charge on any atom is 0.177 e. The molecule has 0 aliphatic heterocycles. The van der Waals surface area contributed by atoms with Crippen LogP contribution in [0.5, 0.6) is 0 Å². The van der Waals surface area contributed by atoms with E-state index in [-0.39, 0.29) is 6.61 Å². The highest BCUT2D eigenvalue weighted by Gasteiger charge is 1.68. The quantitative estimate of drug-likeness (QED) is 0.233. The Hall–Kier alpha value is -1.01. The van der Waals surface area contributed by atoms with E-state index >= 15 is 0 Å². The predicted molar refractivity (Wildman–Crippen MR) is 32.3 cm³/mol. The number of oxime groups is 1. The van der Waals surface area contributed by atoms with Gasteiger partial charge in [0.1, 0.15) is 0 Å². The molecule has 8 heavy (non-hydrogen) atoms. The molecular formula is C5H8N2O. The largest absolute Gasteiger partial charge is 0.383 e. The van der Waals surface area contributed by atoms with Gasteiger partial charge in [0.25, 0.3) is 0 Å². The summed E-state index contributed by atoms with van der Waals surface area (Å²) >= 11 is 0. The fourth-order valence-electron chi connectivity index (χ4n) is 0.170. The zero-order valence-corrected chi connectivity index (χ0v) is 4.50. The van der Waals surface area contributed by atoms with E-state index in [4.69, 9.17) is 12.2 Å². The van der Waals surface area contributed by atoms with Gasteiger partial charge in [-0.1, -0.05) is 11.1 Å². The molecule has 0 fully saturated rings. The summed E-state index contributed by atoms with van der Waals surface area (Å²) in [6.45, 7) is 0.584. The molecule has 0 aliphatic carbocycles. The lowest BCUT2D eigenvalue weighted by atomic mass is 10.8. The van der Waals surface area contributed by atoms with Gasteiger partial charge in [0.05, 0.1) is 6.21 Å². The molecule has 0 atom stereocenters. The fourth-order valence-corrected chi connectivity index (χ4v) is 0.170. The third-order valence-electron chi connectivity index (χ3n) is 0.402. The van der Waals surface area contributed by atoms with E-state index in [1.807, 2.05) is 0 Å². The summed E-state index contributed by atoms with van der Waals surface area (Å²) in [5.74, 6) is 2.25. The minimum atomic E-state index is 0.205. The molecule has 0 aromatic heterocycles. The second-order valence-electron chi connectivity index (χ2n) is 1.00. The standard InChI is InChI=1S/C5H8N2O/c1-2-5-8-7-4-3-6/h1,4H,3,5-6H2/b7-4+. The second-order valence-corrected chi connectivity index (χ2v) is 1.00. The third-order valence-corrected chi connectivity index (χ3v) is 0.402. The van der Waals surface area contributed by atoms with Crippen molar-refractivity contribution in [1.29, 1.82) is 0 Å². The first-order valence-corrected chi connectivity index (χ1v) is 2.19. The van der Waals surface area contributed by atoms with Crippen molar-refractivity contribution in [3.8, 4) is 12.3 Å². The van der Waals surface area contributed by atoms with Gasteiger partial charge in [-0.3, -0.25) is 0 Å². The van der Waals surface area contributed by atoms with Crippen molar-refractivity contribution in [3.63, 3.8) is 0 Å². The van der Waals surface area contributed by atoms with Crippen LogP contribution in [0.3, 0.4) is 0 Å². The normalized spacial score (nSPS) is 9.00. The van der Waals surface area contributed by atoms with Crippen LogP contribution in [0.1, 0.15) is 0 Å². The molecule has 0 rings (SSSR count). The number of nitrogens with two attached hydrogens (primary N) is 1. The van der Waals surface area contributed by atoms with Gasteiger partial charge in [-0.15, -0.1) is 6.42 Å². The first kappa shape index (κ1) is 6.99. The zero-order valence-electron chi connectivity index (χ0n) is 4.50. The first-order chi connectivity index (χ1) is 3.91. The molecular weight excluding hydrogens is 104 g/mol. The van der Waals surface area contributed by atoms with Gasteiger partial charge in [0.2, 0.25) is 0 Å². The van der Waals surface area contributed by atoms with E-state index in [9.17, 15) is 0 Å². The molecule has 0 saturated carbocycles. The molecule has 0 saturated heterocycles. The van der Waals surface area contributed by atoms with Gasteiger partial charge in [-0.05, 0) is 0 Å². The van der Waals surface area contributed by atoms with Crippen molar-refractivity contribution in [2.45, 2.75) is 0 Å². The first-order valence-electron chi connectivity index (χ1n) is 2.19. The molecule has 0 unspecified atom stereocenters. The van der Waals surface area contributed by atoms with Crippen LogP contribution in [0.2, 0.25) is 0 Å². The molecule has 2 N–H and O–H groups in total. The third kappa shape index (κ3) is 4.99. The van der Waals surface area contributed by atoms with E-state index < -0.39 is 0 Å². The van der Waals surface area contributed by atoms with Crippen LogP contribution >= 0.6 is 0 Å². The van der Waals surface area contributed by atoms with Crippen molar-refractivity contribution < 1.29 is 4.84 Å². The molecule has 0 bridgehead atoms. The molecule has 0 amide bonds. The zero-order chi connectivity index (χ0) is 6.24. The molecule has 3 nitrogen and oxygen atoms in total. The van der Waals surface area contributed by atoms with Gasteiger partial charge in [-0.2, -0.15) is 0 Å². The van der Waals surface area contributed by atoms with E-state index in [1.165, 1.54) is 6.21 Å². The highest BCUT2D eigenvalue weighted by Crippen LogP contribution is 1.68. The minimum Gasteiger partial charge on any atom is -0.383 e. The summed E-state index contributed by atoms with van der Waals surface area (Å²) in [7, 11) is 0. The van der Waals surface area contributed by atoms with Crippen LogP contribution in [0, 0.1) is 12.3 Å². The Bertz CT molecular complexity index is 103. The Morgan fingerprint density at radius 3 is 3.12 bits per heavy atom. The Kier molecular flexibility index (Phi) is 5.23. The fraction of sp³-hybridized carbons (Fsp3) is 0.400. The van der Waals surface area contributed by atoms with Crippen LogP contribution < -0.4 is 5.73 Å². The highest BCUT2D eigenvalue weighted by molar-refractivity contribution is 5.58. The number of nitrogens with zero attached hydrogens (tertiary/aromatic N) is 1. The van der Waals surface area contributed by atoms with Crippen molar-refractivity contribution >= 4 is 6.21 Å². The van der Waals surface area contributed by atoms with Crippen LogP contribution in [0.4, 0.5) is 0 Å². The predicted octanol–water partition coefficient (Wildman–Crippen LogP) is -0.419. The van der Waals surface area contributed by atoms with E-state index in [2.05, 4.69) is 15.9 Å². The lowest BCUT2D eigenvalue weighted by molar-refractivity contribution is 0.181. The number of terminal acetylenes is 1. The van der Waals surface area contributed by atoms with E-state index in [0.29, 0.717) is 6.54 Å². The summed E-state index contributed by atoms with van der Waals surface area (Å²) < 4.78 is 0. The molecule has 3 heteroatoms. The van der Waals surface area contributed by atoms with Crippen molar-refractivity contribution in [3.05, 3.63) is 0 Å². The van der Waals surface area contributed by atoms with E-state index in [1.54, 1.807) is 0 Å². The van der Waals surface area contributed by atoms with Crippen LogP contribution in [-0.4, -0.2) is 19.4 Å². The van der Waals surface area contributed by atoms with Crippen molar-refractivity contribution in [1.82, 2.24) is 0 Å². The Morgan fingerprint density at radius 2 is 2.62 bits per heavy atom. The monoisotopic (exact) mass is 112 g/mol. The highest BCUT2D eigenvalue weighted by atomic mass is 16.6. The summed E-state index contributed by atoms with van der Waals surface area (Å²) in [5.41, 5.74) is 5.03. The van der Waals surface area contributed by atoms with Crippen molar-refractivity contribution in [2.24, 2.45) is 10.9 Å². The summed E-state index contributed by atoms with van der Waals surface area (Å²) in [5, 5.41) is 3.39. The molecule has 0 aromatic rings. The Labute approximate surface area is 48.5 Å². The van der Waals surface area contributed by atoms with Gasteiger partial charge in [-0.25, -0.2) is 0 Å². The number of hydrogen-bond donors (Lipinski definition) is 1. The van der Waals surface area contributed by atoms with E-state index in [0.717, 1.165) is 0 Å². The van der Waals surface area contributed by atoms with Crippen LogP contribution in [-0.2, 0) is 4.84 Å². The number of rotatable bonds is 3. The molecule has 0 heterocycles. The molecule has 0 radical (unpaired) electrons. The van der Waals surface area contributed by atoms with Gasteiger partial charge in [0.15, 0.2) is 6.61 Å². The summed E-state index contributed by atoms with van der Waals surface area (Å²) in [6, 6.07) is 0. The average Bonchev–Trinajstić information content (AvgIpc) is 1.81. The minimum absolute atomic E-state index is 0.205. The lowest BCUT2D eigenvalue weighted by Crippen LogP contribution is -1.99. The SMILES string of the molecule is C#CCO/N=C/CN. The molecule has 0 aromatic carbocycles. The van der Waals surface area contributed by atoms with Crippen LogP contribution in [0.15, 0.2) is 5.16 Å². The van der Waals surface area contributed by atoms with Gasteiger partial charge in [0, 0.05) is 6.54 Å². The van der Waals surface area contributed by atoms with Crippen LogP contribution in [0.25, 0.3) is 0 Å². The van der Waals surface area contributed by atoms with Gasteiger partial charge < -0.3 is 10.6 Å². The van der Waals surface area contributed by atoms with Crippen molar-refractivity contribution in [2.75, 3.05) is 13.2 Å². The Morgan fingerprint density at radius 1 is 1.88 bits per heavy atom. The summed E-state index contributed by atoms with van der Waals surface area (Å²) in [4.78, 5) is 4.48. The average molecular weight is 112 g/mol. The molecule has 0 spiro atoms. The maximum atomic E-state index is 5.03. The maximum absolute atomic E-state index is 5.03. The topological polar surface area (TPSA) is 47.6 Å². The smallest absolute Gasteiger partial charge is 0.177 e. The second kappa shape index (κ2) is 5.99. The number of hydrogen-bond acceptors (Lipinski definition) is 3. The summed E-state index contributed by atoms with van der Waals surface area (Å²) in [6.07, 6.45) is 6.27. The molecule has 44 valence electrons. The molecule has 0 aliphatic rings. The lowest BCUT2D eigenvalue weighted by Gasteiger charge is -1.86. The Balaban J connectivity index is 2.94. The van der Waals surface area contributed by atoms with Gasteiger partial charge >= 0.3 is 0 Å².